The number of alkyl halides is 3. The summed E-state index contributed by atoms with van der Waals surface area (Å²) < 4.78 is 37.4. The Balaban J connectivity index is 2.06. The number of aliphatic carboxylic acids is 1. The third-order valence-corrected chi connectivity index (χ3v) is 3.74. The summed E-state index contributed by atoms with van der Waals surface area (Å²) in [6.07, 6.45) is -2.61. The summed E-state index contributed by atoms with van der Waals surface area (Å²) in [5, 5.41) is 9.13. The normalized spacial score (nSPS) is 19.0. The van der Waals surface area contributed by atoms with Crippen molar-refractivity contribution >= 4 is 11.9 Å². The quantitative estimate of drug-likeness (QED) is 0.933. The predicted octanol–water partition coefficient (Wildman–Crippen LogP) is 2.71. The lowest BCUT2D eigenvalue weighted by Crippen LogP contribution is -2.48. The van der Waals surface area contributed by atoms with Crippen molar-refractivity contribution in [1.29, 1.82) is 0 Å². The van der Waals surface area contributed by atoms with E-state index in [0.717, 1.165) is 25.0 Å². The molecule has 1 fully saturated rings. The Kier molecular flexibility index (Phi) is 4.73. The maximum Gasteiger partial charge on any atom is 0.416 e. The average Bonchev–Trinajstić information content (AvgIpc) is 2.46. The van der Waals surface area contributed by atoms with Crippen LogP contribution in [0.15, 0.2) is 24.3 Å². The first-order valence-corrected chi connectivity index (χ1v) is 6.97. The Labute approximate surface area is 125 Å². The van der Waals surface area contributed by atoms with Crippen molar-refractivity contribution in [3.8, 4) is 0 Å². The average molecular weight is 315 g/mol. The van der Waals surface area contributed by atoms with E-state index in [1.807, 2.05) is 0 Å². The van der Waals surface area contributed by atoms with E-state index in [2.05, 4.69) is 0 Å². The zero-order valence-electron chi connectivity index (χ0n) is 11.8. The number of carboxylic acid groups (broad SMARTS) is 1. The largest absolute Gasteiger partial charge is 0.480 e. The van der Waals surface area contributed by atoms with E-state index in [0.29, 0.717) is 18.5 Å². The van der Waals surface area contributed by atoms with Gasteiger partial charge in [-0.3, -0.25) is 4.79 Å². The first kappa shape index (κ1) is 16.3. The van der Waals surface area contributed by atoms with Crippen LogP contribution < -0.4 is 0 Å². The van der Waals surface area contributed by atoms with Gasteiger partial charge in [-0.15, -0.1) is 0 Å². The number of rotatable bonds is 3. The van der Waals surface area contributed by atoms with Crippen LogP contribution in [0.4, 0.5) is 13.2 Å². The van der Waals surface area contributed by atoms with Gasteiger partial charge in [0.1, 0.15) is 6.04 Å². The van der Waals surface area contributed by atoms with Gasteiger partial charge in [-0.05, 0) is 37.0 Å². The first-order valence-electron chi connectivity index (χ1n) is 6.97. The molecule has 0 unspecified atom stereocenters. The highest BCUT2D eigenvalue weighted by atomic mass is 19.4. The molecule has 0 spiro atoms. The molecule has 0 radical (unpaired) electrons. The molecule has 1 N–H and O–H groups in total. The third kappa shape index (κ3) is 3.78. The molecule has 4 nitrogen and oxygen atoms in total. The number of hydrogen-bond acceptors (Lipinski definition) is 2. The summed E-state index contributed by atoms with van der Waals surface area (Å²) in [4.78, 5) is 24.7. The number of carbonyl (C=O) groups excluding carboxylic acids is 1. The third-order valence-electron chi connectivity index (χ3n) is 3.74. The minimum absolute atomic E-state index is 0.0953. The summed E-state index contributed by atoms with van der Waals surface area (Å²) >= 11 is 0. The van der Waals surface area contributed by atoms with Crippen LogP contribution in [0, 0.1) is 0 Å². The van der Waals surface area contributed by atoms with Crippen molar-refractivity contribution in [2.75, 3.05) is 6.54 Å². The molecule has 0 saturated carbocycles. The van der Waals surface area contributed by atoms with Crippen molar-refractivity contribution in [2.45, 2.75) is 37.9 Å². The van der Waals surface area contributed by atoms with Crippen LogP contribution in [-0.4, -0.2) is 34.5 Å². The molecule has 1 aliphatic heterocycles. The fourth-order valence-corrected chi connectivity index (χ4v) is 2.57. The first-order chi connectivity index (χ1) is 10.3. The molecule has 1 heterocycles. The molecule has 120 valence electrons. The zero-order valence-corrected chi connectivity index (χ0v) is 11.8. The molecular weight excluding hydrogens is 299 g/mol. The second-order valence-corrected chi connectivity index (χ2v) is 5.31. The van der Waals surface area contributed by atoms with Gasteiger partial charge in [-0.2, -0.15) is 13.2 Å². The van der Waals surface area contributed by atoms with E-state index < -0.39 is 23.8 Å². The van der Waals surface area contributed by atoms with Crippen LogP contribution in [0.1, 0.15) is 30.4 Å². The summed E-state index contributed by atoms with van der Waals surface area (Å²) in [7, 11) is 0. The minimum Gasteiger partial charge on any atom is -0.480 e. The van der Waals surface area contributed by atoms with E-state index in [1.54, 1.807) is 0 Å². The van der Waals surface area contributed by atoms with E-state index in [-0.39, 0.29) is 12.3 Å². The molecule has 1 aromatic rings. The Bertz CT molecular complexity index is 554. The maximum absolute atomic E-state index is 12.5. The van der Waals surface area contributed by atoms with Gasteiger partial charge in [0, 0.05) is 6.54 Å². The molecular formula is C15H16F3NO3. The fraction of sp³-hybridized carbons (Fsp3) is 0.467. The summed E-state index contributed by atoms with van der Waals surface area (Å²) in [6, 6.07) is 3.51. The van der Waals surface area contributed by atoms with Crippen LogP contribution in [0.3, 0.4) is 0 Å². The minimum atomic E-state index is -4.41. The van der Waals surface area contributed by atoms with E-state index in [4.69, 9.17) is 5.11 Å². The van der Waals surface area contributed by atoms with Gasteiger partial charge in [0.15, 0.2) is 0 Å². The number of nitrogens with zero attached hydrogens (tertiary/aromatic N) is 1. The van der Waals surface area contributed by atoms with Crippen LogP contribution >= 0.6 is 0 Å². The van der Waals surface area contributed by atoms with Crippen molar-refractivity contribution in [1.82, 2.24) is 4.90 Å². The number of amides is 1. The van der Waals surface area contributed by atoms with E-state index in [1.165, 1.54) is 17.0 Å². The Morgan fingerprint density at radius 1 is 1.18 bits per heavy atom. The summed E-state index contributed by atoms with van der Waals surface area (Å²) in [6.45, 7) is 0.371. The Hall–Kier alpha value is -2.05. The lowest BCUT2D eigenvalue weighted by atomic mass is 10.0. The van der Waals surface area contributed by atoms with Gasteiger partial charge in [0.25, 0.3) is 0 Å². The Morgan fingerprint density at radius 2 is 1.82 bits per heavy atom. The summed E-state index contributed by atoms with van der Waals surface area (Å²) in [5.41, 5.74) is -0.335. The van der Waals surface area contributed by atoms with E-state index in [9.17, 15) is 22.8 Å². The van der Waals surface area contributed by atoms with Gasteiger partial charge in [0.05, 0.1) is 12.0 Å². The smallest absolute Gasteiger partial charge is 0.416 e. The van der Waals surface area contributed by atoms with Crippen molar-refractivity contribution in [2.24, 2.45) is 0 Å². The number of carbonyl (C=O) groups is 2. The van der Waals surface area contributed by atoms with Crippen LogP contribution in [0.2, 0.25) is 0 Å². The molecule has 1 atom stereocenters. The highest BCUT2D eigenvalue weighted by Crippen LogP contribution is 2.29. The summed E-state index contributed by atoms with van der Waals surface area (Å²) in [5.74, 6) is -1.41. The molecule has 1 aromatic carbocycles. The van der Waals surface area contributed by atoms with Gasteiger partial charge in [0.2, 0.25) is 5.91 Å². The number of benzene rings is 1. The molecule has 2 rings (SSSR count). The standard InChI is InChI=1S/C15H16F3NO3/c16-15(17,18)11-6-4-10(5-7-11)9-13(20)19-8-2-1-3-12(19)14(21)22/h4-7,12H,1-3,8-9H2,(H,21,22)/t12-/m1/s1. The van der Waals surface area contributed by atoms with Crippen molar-refractivity contribution < 1.29 is 27.9 Å². The monoisotopic (exact) mass is 315 g/mol. The highest BCUT2D eigenvalue weighted by Gasteiger charge is 2.32. The number of piperidine rings is 1. The molecule has 0 bridgehead atoms. The molecule has 0 aromatic heterocycles. The molecule has 7 heteroatoms. The predicted molar refractivity (Wildman–Crippen MR) is 72.1 cm³/mol. The number of hydrogen-bond donors (Lipinski definition) is 1. The fourth-order valence-electron chi connectivity index (χ4n) is 2.57. The molecule has 22 heavy (non-hydrogen) atoms. The number of halogens is 3. The number of likely N-dealkylation sites (tertiary alicyclic amines) is 1. The SMILES string of the molecule is O=C(O)[C@H]1CCCCN1C(=O)Cc1ccc(C(F)(F)F)cc1. The second-order valence-electron chi connectivity index (χ2n) is 5.31. The zero-order chi connectivity index (χ0) is 16.3. The van der Waals surface area contributed by atoms with Crippen molar-refractivity contribution in [3.63, 3.8) is 0 Å². The van der Waals surface area contributed by atoms with Gasteiger partial charge >= 0.3 is 12.1 Å². The van der Waals surface area contributed by atoms with Crippen molar-refractivity contribution in [3.05, 3.63) is 35.4 Å². The van der Waals surface area contributed by atoms with Crippen LogP contribution in [0.5, 0.6) is 0 Å². The highest BCUT2D eigenvalue weighted by molar-refractivity contribution is 5.85. The number of carboxylic acids is 1. The van der Waals surface area contributed by atoms with Gasteiger partial charge in [-0.25, -0.2) is 4.79 Å². The molecule has 1 amide bonds. The van der Waals surface area contributed by atoms with E-state index >= 15 is 0 Å². The van der Waals surface area contributed by atoms with Crippen LogP contribution in [-0.2, 0) is 22.2 Å². The molecule has 1 aliphatic rings. The lowest BCUT2D eigenvalue weighted by Gasteiger charge is -2.33. The van der Waals surface area contributed by atoms with Gasteiger partial charge in [-0.1, -0.05) is 12.1 Å². The second kappa shape index (κ2) is 6.37. The molecule has 0 aliphatic carbocycles. The topological polar surface area (TPSA) is 57.6 Å². The van der Waals surface area contributed by atoms with Crippen LogP contribution in [0.25, 0.3) is 0 Å². The Morgan fingerprint density at radius 3 is 2.36 bits per heavy atom. The molecule has 1 saturated heterocycles. The lowest BCUT2D eigenvalue weighted by molar-refractivity contribution is -0.151. The maximum atomic E-state index is 12.5. The van der Waals surface area contributed by atoms with Gasteiger partial charge < -0.3 is 10.0 Å².